The number of hydrogen-bond acceptors (Lipinski definition) is 5. The van der Waals surface area contributed by atoms with Gasteiger partial charge in [0, 0.05) is 6.26 Å². The van der Waals surface area contributed by atoms with Crippen LogP contribution in [0.1, 0.15) is 18.5 Å². The van der Waals surface area contributed by atoms with E-state index in [0.717, 1.165) is 30.5 Å². The maximum absolute atomic E-state index is 13.7. The van der Waals surface area contributed by atoms with Gasteiger partial charge in [-0.3, -0.25) is 0 Å². The molecule has 20 heavy (non-hydrogen) atoms. The molecule has 0 amide bonds. The molecule has 1 aromatic rings. The lowest BCUT2D eigenvalue weighted by atomic mass is 10.0. The summed E-state index contributed by atoms with van der Waals surface area (Å²) in [5.74, 6) is -5.59. The number of benzene rings is 1. The summed E-state index contributed by atoms with van der Waals surface area (Å²) in [6, 6.07) is 2.70. The molecular weight excluding hydrogens is 292 g/mol. The van der Waals surface area contributed by atoms with Gasteiger partial charge < -0.3 is 10.5 Å². The zero-order valence-corrected chi connectivity index (χ0v) is 11.8. The lowest BCUT2D eigenvalue weighted by Crippen LogP contribution is -2.41. The number of alkyl halides is 2. The van der Waals surface area contributed by atoms with Crippen LogP contribution in [0.3, 0.4) is 0 Å². The molecule has 1 aromatic carbocycles. The van der Waals surface area contributed by atoms with Gasteiger partial charge in [-0.1, -0.05) is 12.1 Å². The van der Waals surface area contributed by atoms with Gasteiger partial charge in [0.15, 0.2) is 9.84 Å². The van der Waals surface area contributed by atoms with Crippen LogP contribution < -0.4 is 5.73 Å². The minimum absolute atomic E-state index is 0.0205. The Morgan fingerprint density at radius 1 is 1.35 bits per heavy atom. The molecule has 0 bridgehead atoms. The van der Waals surface area contributed by atoms with Crippen LogP contribution in [-0.2, 0) is 19.4 Å². The Kier molecular flexibility index (Phi) is 4.82. The predicted octanol–water partition coefficient (Wildman–Crippen LogP) is 1.29. The van der Waals surface area contributed by atoms with Crippen LogP contribution in [0.25, 0.3) is 0 Å². The van der Waals surface area contributed by atoms with Crippen LogP contribution in [0.4, 0.5) is 8.78 Å². The van der Waals surface area contributed by atoms with Gasteiger partial charge in [0.25, 0.3) is 0 Å². The van der Waals surface area contributed by atoms with Crippen LogP contribution in [0, 0.1) is 0 Å². The maximum atomic E-state index is 13.7. The third-order valence-corrected chi connectivity index (χ3v) is 3.73. The minimum Gasteiger partial charge on any atom is -0.462 e. The number of ether oxygens (including phenoxy) is 1. The van der Waals surface area contributed by atoms with Gasteiger partial charge in [0.1, 0.15) is 6.04 Å². The highest BCUT2D eigenvalue weighted by Gasteiger charge is 2.47. The summed E-state index contributed by atoms with van der Waals surface area (Å²) in [4.78, 5) is 11.1. The lowest BCUT2D eigenvalue weighted by Gasteiger charge is -2.21. The summed E-state index contributed by atoms with van der Waals surface area (Å²) in [6.07, 6.45) is 0.995. The Morgan fingerprint density at radius 2 is 1.85 bits per heavy atom. The average molecular weight is 307 g/mol. The van der Waals surface area contributed by atoms with E-state index in [1.807, 2.05) is 0 Å². The summed E-state index contributed by atoms with van der Waals surface area (Å²) >= 11 is 0. The number of esters is 1. The Labute approximate surface area is 115 Å². The number of rotatable bonds is 5. The van der Waals surface area contributed by atoms with E-state index < -0.39 is 27.8 Å². The van der Waals surface area contributed by atoms with Crippen molar-refractivity contribution in [2.75, 3.05) is 12.9 Å². The van der Waals surface area contributed by atoms with E-state index in [0.29, 0.717) is 0 Å². The van der Waals surface area contributed by atoms with E-state index in [1.54, 1.807) is 0 Å². The first-order valence-corrected chi connectivity index (χ1v) is 7.60. The highest BCUT2D eigenvalue weighted by molar-refractivity contribution is 7.90. The van der Waals surface area contributed by atoms with Crippen LogP contribution in [0.5, 0.6) is 0 Å². The quantitative estimate of drug-likeness (QED) is 0.828. The molecule has 0 saturated carbocycles. The molecular formula is C12H15F2NO4S. The Morgan fingerprint density at radius 3 is 2.25 bits per heavy atom. The van der Waals surface area contributed by atoms with E-state index in [-0.39, 0.29) is 17.1 Å². The van der Waals surface area contributed by atoms with Crippen molar-refractivity contribution in [2.24, 2.45) is 5.73 Å². The summed E-state index contributed by atoms with van der Waals surface area (Å²) in [7, 11) is -3.43. The van der Waals surface area contributed by atoms with Gasteiger partial charge in [0.05, 0.1) is 11.5 Å². The number of hydrogen-bond donors (Lipinski definition) is 1. The van der Waals surface area contributed by atoms with Crippen molar-refractivity contribution in [3.8, 4) is 0 Å². The first-order valence-electron chi connectivity index (χ1n) is 5.71. The zero-order chi connectivity index (χ0) is 15.6. The van der Waals surface area contributed by atoms with E-state index >= 15 is 0 Å². The minimum atomic E-state index is -3.89. The van der Waals surface area contributed by atoms with Crippen molar-refractivity contribution in [1.29, 1.82) is 0 Å². The molecule has 0 aliphatic rings. The largest absolute Gasteiger partial charge is 0.462 e. The molecule has 0 heterocycles. The Balaban J connectivity index is 3.03. The summed E-state index contributed by atoms with van der Waals surface area (Å²) in [5, 5.41) is 0. The van der Waals surface area contributed by atoms with E-state index in [4.69, 9.17) is 5.73 Å². The van der Waals surface area contributed by atoms with E-state index in [9.17, 15) is 22.0 Å². The highest BCUT2D eigenvalue weighted by Crippen LogP contribution is 2.31. The number of sulfone groups is 1. The first kappa shape index (κ1) is 16.5. The fourth-order valence-corrected chi connectivity index (χ4v) is 2.12. The number of carbonyl (C=O) groups is 1. The van der Waals surface area contributed by atoms with Crippen molar-refractivity contribution in [1.82, 2.24) is 0 Å². The molecule has 0 fully saturated rings. The van der Waals surface area contributed by atoms with Crippen molar-refractivity contribution in [2.45, 2.75) is 23.8 Å². The van der Waals surface area contributed by atoms with Crippen LogP contribution in [-0.4, -0.2) is 33.2 Å². The van der Waals surface area contributed by atoms with Crippen LogP contribution in [0.2, 0.25) is 0 Å². The fraction of sp³-hybridized carbons (Fsp3) is 0.417. The number of carbonyl (C=O) groups excluding carboxylic acids is 1. The van der Waals surface area contributed by atoms with Gasteiger partial charge in [0.2, 0.25) is 0 Å². The molecule has 112 valence electrons. The SMILES string of the molecule is CCOC(=O)C(F)(F)[C@H](N)c1ccc(S(C)(=O)=O)cc1. The van der Waals surface area contributed by atoms with Gasteiger partial charge in [-0.05, 0) is 24.6 Å². The molecule has 0 aliphatic heterocycles. The van der Waals surface area contributed by atoms with Crippen LogP contribution >= 0.6 is 0 Å². The molecule has 2 N–H and O–H groups in total. The Bertz CT molecular complexity index is 584. The normalized spacial score (nSPS) is 13.8. The van der Waals surface area contributed by atoms with Crippen molar-refractivity contribution >= 4 is 15.8 Å². The summed E-state index contributed by atoms with van der Waals surface area (Å²) < 4.78 is 54.2. The second-order valence-electron chi connectivity index (χ2n) is 4.16. The smallest absolute Gasteiger partial charge is 0.379 e. The third-order valence-electron chi connectivity index (χ3n) is 2.61. The van der Waals surface area contributed by atoms with Gasteiger partial charge in [-0.2, -0.15) is 8.78 Å². The predicted molar refractivity (Wildman–Crippen MR) is 68.1 cm³/mol. The number of halogens is 2. The van der Waals surface area contributed by atoms with E-state index in [1.165, 1.54) is 6.92 Å². The zero-order valence-electron chi connectivity index (χ0n) is 11.0. The van der Waals surface area contributed by atoms with E-state index in [2.05, 4.69) is 4.74 Å². The maximum Gasteiger partial charge on any atom is 0.379 e. The Hall–Kier alpha value is -1.54. The summed E-state index contributed by atoms with van der Waals surface area (Å²) in [6.45, 7) is 1.22. The number of nitrogens with two attached hydrogens (primary N) is 1. The molecule has 1 rings (SSSR count). The summed E-state index contributed by atoms with van der Waals surface area (Å²) in [5.41, 5.74) is 5.30. The second kappa shape index (κ2) is 5.84. The van der Waals surface area contributed by atoms with Gasteiger partial charge in [-0.15, -0.1) is 0 Å². The fourth-order valence-electron chi connectivity index (χ4n) is 1.49. The molecule has 0 spiro atoms. The standard InChI is InChI=1S/C12H15F2NO4S/c1-3-19-11(16)12(13,14)10(15)8-4-6-9(7-5-8)20(2,17)18/h4-7,10H,3,15H2,1-2H3/t10-/m1/s1. The lowest BCUT2D eigenvalue weighted by molar-refractivity contribution is -0.174. The highest BCUT2D eigenvalue weighted by atomic mass is 32.2. The molecule has 0 radical (unpaired) electrons. The van der Waals surface area contributed by atoms with Gasteiger partial charge in [-0.25, -0.2) is 13.2 Å². The average Bonchev–Trinajstić information content (AvgIpc) is 2.37. The van der Waals surface area contributed by atoms with Crippen molar-refractivity contribution < 1.29 is 26.7 Å². The van der Waals surface area contributed by atoms with Crippen molar-refractivity contribution in [3.05, 3.63) is 29.8 Å². The molecule has 0 aromatic heterocycles. The van der Waals surface area contributed by atoms with Gasteiger partial charge >= 0.3 is 11.9 Å². The third kappa shape index (κ3) is 3.51. The topological polar surface area (TPSA) is 86.5 Å². The molecule has 0 saturated heterocycles. The second-order valence-corrected chi connectivity index (χ2v) is 6.18. The molecule has 0 aliphatic carbocycles. The molecule has 0 unspecified atom stereocenters. The first-order chi connectivity index (χ1) is 9.10. The monoisotopic (exact) mass is 307 g/mol. The van der Waals surface area contributed by atoms with Crippen molar-refractivity contribution in [3.63, 3.8) is 0 Å². The molecule has 8 heteroatoms. The van der Waals surface area contributed by atoms with Crippen LogP contribution in [0.15, 0.2) is 29.2 Å². The molecule has 5 nitrogen and oxygen atoms in total. The molecule has 1 atom stereocenters.